The quantitative estimate of drug-likeness (QED) is 0.845. The number of benzene rings is 1. The van der Waals surface area contributed by atoms with Crippen LogP contribution in [0.1, 0.15) is 17.7 Å². The van der Waals surface area contributed by atoms with Gasteiger partial charge in [-0.15, -0.1) is 0 Å². The van der Waals surface area contributed by atoms with Gasteiger partial charge in [0.1, 0.15) is 6.33 Å². The smallest absolute Gasteiger partial charge is 0.222 e. The van der Waals surface area contributed by atoms with Crippen LogP contribution in [0.4, 0.5) is 0 Å². The molecule has 0 unspecified atom stereocenters. The van der Waals surface area contributed by atoms with Crippen molar-refractivity contribution in [3.05, 3.63) is 60.2 Å². The Labute approximate surface area is 142 Å². The molecule has 1 amide bonds. The van der Waals surface area contributed by atoms with Crippen molar-refractivity contribution in [3.8, 4) is 0 Å². The van der Waals surface area contributed by atoms with Crippen molar-refractivity contribution in [2.24, 2.45) is 5.92 Å². The van der Waals surface area contributed by atoms with E-state index in [-0.39, 0.29) is 11.8 Å². The van der Waals surface area contributed by atoms with Gasteiger partial charge in [-0.25, -0.2) is 9.97 Å². The van der Waals surface area contributed by atoms with E-state index in [4.69, 9.17) is 4.74 Å². The Morgan fingerprint density at radius 2 is 2.12 bits per heavy atom. The van der Waals surface area contributed by atoms with Gasteiger partial charge in [0.2, 0.25) is 5.91 Å². The topological polar surface area (TPSA) is 55.3 Å². The van der Waals surface area contributed by atoms with Gasteiger partial charge in [0, 0.05) is 37.3 Å². The molecule has 2 heterocycles. The van der Waals surface area contributed by atoms with Gasteiger partial charge in [-0.1, -0.05) is 30.3 Å². The first-order valence-corrected chi connectivity index (χ1v) is 8.45. The molecule has 0 N–H and O–H groups in total. The van der Waals surface area contributed by atoms with Crippen molar-refractivity contribution in [2.45, 2.75) is 19.3 Å². The van der Waals surface area contributed by atoms with E-state index in [1.54, 1.807) is 12.5 Å². The monoisotopic (exact) mass is 325 g/mol. The lowest BCUT2D eigenvalue weighted by Gasteiger charge is -2.23. The Balaban J connectivity index is 1.54. The fraction of sp³-hybridized carbons (Fsp3) is 0.421. The molecule has 1 aliphatic rings. The van der Waals surface area contributed by atoms with Crippen molar-refractivity contribution in [1.82, 2.24) is 14.9 Å². The number of hydrogen-bond donors (Lipinski definition) is 0. The highest BCUT2D eigenvalue weighted by Gasteiger charge is 2.22. The fourth-order valence-corrected chi connectivity index (χ4v) is 3.02. The Kier molecular flexibility index (Phi) is 5.90. The summed E-state index contributed by atoms with van der Waals surface area (Å²) in [5.41, 5.74) is 2.20. The third-order valence-corrected chi connectivity index (χ3v) is 4.30. The van der Waals surface area contributed by atoms with Crippen molar-refractivity contribution >= 4 is 5.91 Å². The first-order valence-electron chi connectivity index (χ1n) is 8.45. The number of aryl methyl sites for hydroxylation is 1. The van der Waals surface area contributed by atoms with Crippen LogP contribution in [-0.2, 0) is 22.4 Å². The predicted octanol–water partition coefficient (Wildman–Crippen LogP) is 2.13. The van der Waals surface area contributed by atoms with E-state index in [1.807, 2.05) is 29.2 Å². The van der Waals surface area contributed by atoms with E-state index < -0.39 is 0 Å². The number of rotatable bonds is 5. The summed E-state index contributed by atoms with van der Waals surface area (Å²) in [6, 6.07) is 12.1. The third kappa shape index (κ3) is 4.86. The first-order chi connectivity index (χ1) is 11.8. The minimum atomic E-state index is 0.206. The molecule has 0 radical (unpaired) electrons. The van der Waals surface area contributed by atoms with Gasteiger partial charge in [-0.05, 0) is 24.5 Å². The number of hydrogen-bond acceptors (Lipinski definition) is 4. The van der Waals surface area contributed by atoms with E-state index in [9.17, 15) is 4.79 Å². The lowest BCUT2D eigenvalue weighted by atomic mass is 10.0. The van der Waals surface area contributed by atoms with Crippen molar-refractivity contribution in [1.29, 1.82) is 0 Å². The maximum absolute atomic E-state index is 12.6. The Bertz CT molecular complexity index is 634. The molecule has 0 bridgehead atoms. The van der Waals surface area contributed by atoms with Crippen LogP contribution in [0, 0.1) is 5.92 Å². The molecule has 24 heavy (non-hydrogen) atoms. The molecule has 1 atom stereocenters. The summed E-state index contributed by atoms with van der Waals surface area (Å²) in [7, 11) is 0. The minimum absolute atomic E-state index is 0.206. The standard InChI is InChI=1S/C19H23N3O2/c23-19(7-6-16-4-2-1-3-5-16)22-10-11-24-14-17(13-22)12-18-8-9-20-15-21-18/h1-5,8-9,15,17H,6-7,10-14H2/t17-/m1/s1. The zero-order valence-corrected chi connectivity index (χ0v) is 13.8. The van der Waals surface area contributed by atoms with Crippen LogP contribution in [-0.4, -0.2) is 47.1 Å². The van der Waals surface area contributed by atoms with Crippen LogP contribution in [0.15, 0.2) is 48.9 Å². The molecule has 1 aromatic heterocycles. The molecule has 5 heteroatoms. The van der Waals surface area contributed by atoms with Gasteiger partial charge in [-0.3, -0.25) is 4.79 Å². The summed E-state index contributed by atoms with van der Waals surface area (Å²) < 4.78 is 5.69. The highest BCUT2D eigenvalue weighted by atomic mass is 16.5. The number of aromatic nitrogens is 2. The summed E-state index contributed by atoms with van der Waals surface area (Å²) in [5.74, 6) is 0.486. The molecule has 126 valence electrons. The summed E-state index contributed by atoms with van der Waals surface area (Å²) in [5, 5.41) is 0. The first kappa shape index (κ1) is 16.6. The zero-order chi connectivity index (χ0) is 16.6. The molecule has 1 fully saturated rings. The van der Waals surface area contributed by atoms with Gasteiger partial charge in [0.15, 0.2) is 0 Å². The second-order valence-corrected chi connectivity index (χ2v) is 6.17. The molecule has 1 aromatic carbocycles. The number of carbonyl (C=O) groups is 1. The van der Waals surface area contributed by atoms with Crippen molar-refractivity contribution in [3.63, 3.8) is 0 Å². The predicted molar refractivity (Wildman–Crippen MR) is 91.4 cm³/mol. The van der Waals surface area contributed by atoms with Crippen LogP contribution in [0.2, 0.25) is 0 Å². The lowest BCUT2D eigenvalue weighted by molar-refractivity contribution is -0.131. The minimum Gasteiger partial charge on any atom is -0.379 e. The SMILES string of the molecule is O=C(CCc1ccccc1)N1CCOC[C@H](Cc2ccncn2)C1. The van der Waals surface area contributed by atoms with Crippen LogP contribution in [0.25, 0.3) is 0 Å². The molecule has 5 nitrogen and oxygen atoms in total. The van der Waals surface area contributed by atoms with Gasteiger partial charge in [-0.2, -0.15) is 0 Å². The van der Waals surface area contributed by atoms with E-state index >= 15 is 0 Å². The summed E-state index contributed by atoms with van der Waals surface area (Å²) in [6.45, 7) is 2.69. The number of carbonyl (C=O) groups excluding carboxylic acids is 1. The number of nitrogens with zero attached hydrogens (tertiary/aromatic N) is 3. The molecule has 2 aromatic rings. The van der Waals surface area contributed by atoms with Crippen LogP contribution < -0.4 is 0 Å². The van der Waals surface area contributed by atoms with Crippen molar-refractivity contribution < 1.29 is 9.53 Å². The Hall–Kier alpha value is -2.27. The Morgan fingerprint density at radius 1 is 1.25 bits per heavy atom. The third-order valence-electron chi connectivity index (χ3n) is 4.30. The molecule has 1 aliphatic heterocycles. The maximum Gasteiger partial charge on any atom is 0.222 e. The van der Waals surface area contributed by atoms with E-state index in [0.717, 1.165) is 25.1 Å². The average Bonchev–Trinajstić information content (AvgIpc) is 2.87. The second-order valence-electron chi connectivity index (χ2n) is 6.17. The van der Waals surface area contributed by atoms with Gasteiger partial charge < -0.3 is 9.64 Å². The molecular weight excluding hydrogens is 302 g/mol. The molecule has 0 spiro atoms. The lowest BCUT2D eigenvalue weighted by Crippen LogP contribution is -2.36. The van der Waals surface area contributed by atoms with E-state index in [0.29, 0.717) is 26.2 Å². The zero-order valence-electron chi connectivity index (χ0n) is 13.8. The largest absolute Gasteiger partial charge is 0.379 e. The average molecular weight is 325 g/mol. The van der Waals surface area contributed by atoms with Gasteiger partial charge in [0.25, 0.3) is 0 Å². The Morgan fingerprint density at radius 3 is 2.92 bits per heavy atom. The molecule has 0 aliphatic carbocycles. The van der Waals surface area contributed by atoms with Crippen LogP contribution in [0.5, 0.6) is 0 Å². The van der Waals surface area contributed by atoms with Gasteiger partial charge in [0.05, 0.1) is 13.2 Å². The summed E-state index contributed by atoms with van der Waals surface area (Å²) >= 11 is 0. The number of amides is 1. The summed E-state index contributed by atoms with van der Waals surface area (Å²) in [4.78, 5) is 22.7. The second kappa shape index (κ2) is 8.55. The molecule has 3 rings (SSSR count). The van der Waals surface area contributed by atoms with Crippen LogP contribution >= 0.6 is 0 Å². The van der Waals surface area contributed by atoms with Gasteiger partial charge >= 0.3 is 0 Å². The fourth-order valence-electron chi connectivity index (χ4n) is 3.02. The highest BCUT2D eigenvalue weighted by molar-refractivity contribution is 5.76. The molecule has 1 saturated heterocycles. The van der Waals surface area contributed by atoms with Crippen molar-refractivity contribution in [2.75, 3.05) is 26.3 Å². The highest BCUT2D eigenvalue weighted by Crippen LogP contribution is 2.14. The number of ether oxygens (including phenoxy) is 1. The van der Waals surface area contributed by atoms with Crippen LogP contribution in [0.3, 0.4) is 0 Å². The summed E-state index contributed by atoms with van der Waals surface area (Å²) in [6.07, 6.45) is 5.46. The van der Waals surface area contributed by atoms with E-state index in [1.165, 1.54) is 5.56 Å². The maximum atomic E-state index is 12.6. The van der Waals surface area contributed by atoms with E-state index in [2.05, 4.69) is 22.1 Å². The molecular formula is C19H23N3O2. The molecule has 0 saturated carbocycles. The normalized spacial score (nSPS) is 18.2.